The summed E-state index contributed by atoms with van der Waals surface area (Å²) in [5.41, 5.74) is 1.29. The maximum atomic E-state index is 11.8. The van der Waals surface area contributed by atoms with Gasteiger partial charge in [-0.25, -0.2) is 0 Å². The van der Waals surface area contributed by atoms with Gasteiger partial charge in [0.15, 0.2) is 0 Å². The number of benzene rings is 1. The molecule has 1 aromatic rings. The Kier molecular flexibility index (Phi) is 8.11. The lowest BCUT2D eigenvalue weighted by Gasteiger charge is -2.11. The van der Waals surface area contributed by atoms with Crippen molar-refractivity contribution in [1.82, 2.24) is 5.32 Å². The van der Waals surface area contributed by atoms with E-state index >= 15 is 0 Å². The molecule has 1 rings (SSSR count). The second-order valence-electron chi connectivity index (χ2n) is 4.40. The van der Waals surface area contributed by atoms with Gasteiger partial charge in [0.2, 0.25) is 0 Å². The van der Waals surface area contributed by atoms with Gasteiger partial charge in [-0.2, -0.15) is 0 Å². The standard InChI is InChI=1S/C14H19Br2NOS/c1-3-10(2)11-5-4-6-13(7-11)19-14(18)17-9-12(16)8-15/h4-7,10,12H,3,8-9H2,1-2H3,(H,17,18)/t10-,12?/m0/s1. The van der Waals surface area contributed by atoms with Gasteiger partial charge in [-0.05, 0) is 41.8 Å². The van der Waals surface area contributed by atoms with Crippen LogP contribution in [0.5, 0.6) is 0 Å². The highest BCUT2D eigenvalue weighted by Crippen LogP contribution is 2.25. The molecular formula is C14H19Br2NOS. The molecule has 1 aromatic carbocycles. The van der Waals surface area contributed by atoms with Gasteiger partial charge in [0.1, 0.15) is 0 Å². The highest BCUT2D eigenvalue weighted by atomic mass is 79.9. The molecule has 2 nitrogen and oxygen atoms in total. The van der Waals surface area contributed by atoms with Crippen molar-refractivity contribution in [2.45, 2.75) is 35.9 Å². The quantitative estimate of drug-likeness (QED) is 0.520. The number of hydrogen-bond acceptors (Lipinski definition) is 2. The highest BCUT2D eigenvalue weighted by Gasteiger charge is 2.09. The molecule has 0 fully saturated rings. The summed E-state index contributed by atoms with van der Waals surface area (Å²) in [6.45, 7) is 5.00. The van der Waals surface area contributed by atoms with Crippen LogP contribution in [0, 0.1) is 0 Å². The topological polar surface area (TPSA) is 29.1 Å². The number of alkyl halides is 2. The van der Waals surface area contributed by atoms with Crippen molar-refractivity contribution in [3.8, 4) is 0 Å². The number of carbonyl (C=O) groups excluding carboxylic acids is 1. The Labute approximate surface area is 136 Å². The molecule has 0 spiro atoms. The maximum Gasteiger partial charge on any atom is 0.283 e. The van der Waals surface area contributed by atoms with Crippen LogP contribution in [-0.4, -0.2) is 21.9 Å². The van der Waals surface area contributed by atoms with E-state index in [1.807, 2.05) is 12.1 Å². The summed E-state index contributed by atoms with van der Waals surface area (Å²) in [5, 5.41) is 3.70. The minimum atomic E-state index is -0.00768. The average molecular weight is 409 g/mol. The van der Waals surface area contributed by atoms with Crippen LogP contribution in [0.15, 0.2) is 29.2 Å². The van der Waals surface area contributed by atoms with Gasteiger partial charge in [0.05, 0.1) is 0 Å². The van der Waals surface area contributed by atoms with Crippen molar-refractivity contribution < 1.29 is 4.79 Å². The number of nitrogens with one attached hydrogen (secondary N) is 1. The molecule has 1 N–H and O–H groups in total. The molecule has 0 radical (unpaired) electrons. The third-order valence-corrected chi connectivity index (χ3v) is 6.00. The maximum absolute atomic E-state index is 11.8. The van der Waals surface area contributed by atoms with E-state index in [4.69, 9.17) is 0 Å². The molecule has 1 amide bonds. The Bertz CT molecular complexity index is 414. The fraction of sp³-hybridized carbons (Fsp3) is 0.500. The lowest BCUT2D eigenvalue weighted by molar-refractivity contribution is 0.261. The first-order valence-electron chi connectivity index (χ1n) is 6.32. The smallest absolute Gasteiger partial charge is 0.283 e. The molecule has 5 heteroatoms. The number of hydrogen-bond donors (Lipinski definition) is 1. The van der Waals surface area contributed by atoms with Crippen LogP contribution in [-0.2, 0) is 0 Å². The first-order chi connectivity index (χ1) is 9.06. The van der Waals surface area contributed by atoms with E-state index in [2.05, 4.69) is 63.2 Å². The minimum Gasteiger partial charge on any atom is -0.346 e. The third-order valence-electron chi connectivity index (χ3n) is 2.89. The van der Waals surface area contributed by atoms with Crippen LogP contribution in [0.1, 0.15) is 31.7 Å². The van der Waals surface area contributed by atoms with E-state index < -0.39 is 0 Å². The molecule has 0 aliphatic rings. The molecule has 0 saturated heterocycles. The van der Waals surface area contributed by atoms with Crippen LogP contribution in [0.4, 0.5) is 4.79 Å². The molecule has 0 aliphatic carbocycles. The summed E-state index contributed by atoms with van der Waals surface area (Å²) in [4.78, 5) is 13.1. The fourth-order valence-electron chi connectivity index (χ4n) is 1.51. The Morgan fingerprint density at radius 3 is 2.84 bits per heavy atom. The second kappa shape index (κ2) is 9.03. The zero-order valence-corrected chi connectivity index (χ0v) is 15.1. The van der Waals surface area contributed by atoms with Gasteiger partial charge < -0.3 is 5.32 Å². The summed E-state index contributed by atoms with van der Waals surface area (Å²) in [6, 6.07) is 8.22. The lowest BCUT2D eigenvalue weighted by Crippen LogP contribution is -2.26. The molecule has 0 saturated carbocycles. The van der Waals surface area contributed by atoms with E-state index in [9.17, 15) is 4.79 Å². The van der Waals surface area contributed by atoms with Gasteiger partial charge in [0, 0.05) is 21.6 Å². The Morgan fingerprint density at radius 2 is 2.21 bits per heavy atom. The molecule has 0 aromatic heterocycles. The second-order valence-corrected chi connectivity index (χ2v) is 7.39. The number of rotatable bonds is 6. The molecule has 0 heterocycles. The zero-order valence-electron chi connectivity index (χ0n) is 11.2. The first kappa shape index (κ1) is 17.1. The Morgan fingerprint density at radius 1 is 1.47 bits per heavy atom. The monoisotopic (exact) mass is 407 g/mol. The van der Waals surface area contributed by atoms with E-state index in [-0.39, 0.29) is 10.1 Å². The predicted molar refractivity (Wildman–Crippen MR) is 90.9 cm³/mol. The van der Waals surface area contributed by atoms with Gasteiger partial charge in [-0.1, -0.05) is 57.8 Å². The molecule has 2 atom stereocenters. The van der Waals surface area contributed by atoms with Gasteiger partial charge in [0.25, 0.3) is 5.24 Å². The van der Waals surface area contributed by atoms with Crippen molar-refractivity contribution in [3.63, 3.8) is 0 Å². The fourth-order valence-corrected chi connectivity index (χ4v) is 2.61. The summed E-state index contributed by atoms with van der Waals surface area (Å²) >= 11 is 8.07. The Balaban J connectivity index is 2.54. The van der Waals surface area contributed by atoms with Gasteiger partial charge >= 0.3 is 0 Å². The largest absolute Gasteiger partial charge is 0.346 e. The molecule has 1 unspecified atom stereocenters. The van der Waals surface area contributed by atoms with E-state index in [0.29, 0.717) is 12.5 Å². The van der Waals surface area contributed by atoms with Crippen LogP contribution < -0.4 is 5.32 Å². The van der Waals surface area contributed by atoms with Gasteiger partial charge in [-0.15, -0.1) is 0 Å². The highest BCUT2D eigenvalue weighted by molar-refractivity contribution is 9.12. The van der Waals surface area contributed by atoms with Crippen molar-refractivity contribution in [1.29, 1.82) is 0 Å². The number of halogens is 2. The third kappa shape index (κ3) is 6.32. The lowest BCUT2D eigenvalue weighted by atomic mass is 9.99. The molecule has 19 heavy (non-hydrogen) atoms. The molecule has 0 bridgehead atoms. The molecule has 0 aliphatic heterocycles. The van der Waals surface area contributed by atoms with Crippen molar-refractivity contribution in [3.05, 3.63) is 29.8 Å². The SMILES string of the molecule is CC[C@H](C)c1cccc(SC(=O)NCC(Br)CBr)c1. The van der Waals surface area contributed by atoms with Crippen LogP contribution in [0.2, 0.25) is 0 Å². The summed E-state index contributed by atoms with van der Waals surface area (Å²) < 4.78 is 0. The first-order valence-corrected chi connectivity index (χ1v) is 9.17. The Hall–Kier alpha value is -0.000000000000000111. The summed E-state index contributed by atoms with van der Waals surface area (Å²) in [7, 11) is 0. The average Bonchev–Trinajstić information content (AvgIpc) is 2.44. The minimum absolute atomic E-state index is 0.00768. The predicted octanol–water partition coefficient (Wildman–Crippen LogP) is 5.16. The molecule has 106 valence electrons. The number of carbonyl (C=O) groups is 1. The molecular weight excluding hydrogens is 390 g/mol. The normalized spacial score (nSPS) is 13.9. The number of thioether (sulfide) groups is 1. The van der Waals surface area contributed by atoms with Crippen molar-refractivity contribution in [2.75, 3.05) is 11.9 Å². The van der Waals surface area contributed by atoms with E-state index in [1.54, 1.807) is 0 Å². The van der Waals surface area contributed by atoms with Crippen LogP contribution in [0.25, 0.3) is 0 Å². The van der Waals surface area contributed by atoms with Crippen LogP contribution >= 0.6 is 43.6 Å². The van der Waals surface area contributed by atoms with Crippen molar-refractivity contribution >= 4 is 48.9 Å². The number of amides is 1. The van der Waals surface area contributed by atoms with Crippen molar-refractivity contribution in [2.24, 2.45) is 0 Å². The van der Waals surface area contributed by atoms with Gasteiger partial charge in [-0.3, -0.25) is 4.79 Å². The summed E-state index contributed by atoms with van der Waals surface area (Å²) in [6.07, 6.45) is 1.11. The van der Waals surface area contributed by atoms with E-state index in [0.717, 1.165) is 16.6 Å². The summed E-state index contributed by atoms with van der Waals surface area (Å²) in [5.74, 6) is 0.531. The van der Waals surface area contributed by atoms with Crippen LogP contribution in [0.3, 0.4) is 0 Å². The zero-order chi connectivity index (χ0) is 14.3. The van der Waals surface area contributed by atoms with E-state index in [1.165, 1.54) is 17.3 Å².